The van der Waals surface area contributed by atoms with Crippen LogP contribution in [-0.4, -0.2) is 29.2 Å². The van der Waals surface area contributed by atoms with Gasteiger partial charge in [-0.2, -0.15) is 0 Å². The molecule has 0 radical (unpaired) electrons. The number of hydrogen-bond acceptors (Lipinski definition) is 2. The molecule has 0 bridgehead atoms. The molecule has 0 aromatic carbocycles. The van der Waals surface area contributed by atoms with Crippen LogP contribution in [0.1, 0.15) is 33.6 Å². The summed E-state index contributed by atoms with van der Waals surface area (Å²) in [5, 5.41) is 3.90. The minimum Gasteiger partial charge on any atom is -0.291 e. The third-order valence-electron chi connectivity index (χ3n) is 4.65. The van der Waals surface area contributed by atoms with Crippen molar-refractivity contribution >= 4 is 0 Å². The van der Waals surface area contributed by atoms with Gasteiger partial charge in [0.2, 0.25) is 0 Å². The zero-order valence-electron chi connectivity index (χ0n) is 11.2. The van der Waals surface area contributed by atoms with Crippen LogP contribution in [0.2, 0.25) is 0 Å². The van der Waals surface area contributed by atoms with E-state index in [0.717, 1.165) is 12.0 Å². The molecule has 1 saturated carbocycles. The van der Waals surface area contributed by atoms with Gasteiger partial charge in [-0.3, -0.25) is 10.2 Å². The molecule has 1 saturated heterocycles. The number of rotatable bonds is 4. The maximum Gasteiger partial charge on any atom is 0.0927 e. The normalized spacial score (nSPS) is 50.9. The molecule has 94 valence electrons. The lowest BCUT2D eigenvalue weighted by Crippen LogP contribution is -2.42. The second-order valence-corrected chi connectivity index (χ2v) is 5.99. The van der Waals surface area contributed by atoms with Gasteiger partial charge in [-0.1, -0.05) is 45.1 Å². The Kier molecular flexibility index (Phi) is 2.68. The second kappa shape index (κ2) is 3.96. The van der Waals surface area contributed by atoms with Gasteiger partial charge in [-0.05, 0) is 18.8 Å². The molecular formula is C15H24N2. The summed E-state index contributed by atoms with van der Waals surface area (Å²) >= 11 is 0. The van der Waals surface area contributed by atoms with Crippen molar-refractivity contribution in [2.75, 3.05) is 6.54 Å². The molecule has 1 N–H and O–H groups in total. The van der Waals surface area contributed by atoms with Crippen LogP contribution in [-0.2, 0) is 0 Å². The molecule has 2 aliphatic carbocycles. The topological polar surface area (TPSA) is 15.0 Å². The maximum atomic E-state index is 3.90. The monoisotopic (exact) mass is 232 g/mol. The number of hydrogen-bond donors (Lipinski definition) is 1. The zero-order chi connectivity index (χ0) is 12.0. The van der Waals surface area contributed by atoms with Gasteiger partial charge >= 0.3 is 0 Å². The summed E-state index contributed by atoms with van der Waals surface area (Å²) in [4.78, 5) is 2.63. The first-order valence-corrected chi connectivity index (χ1v) is 7.09. The first kappa shape index (κ1) is 11.5. The molecule has 1 aliphatic heterocycles. The van der Waals surface area contributed by atoms with E-state index in [9.17, 15) is 0 Å². The van der Waals surface area contributed by atoms with Crippen molar-refractivity contribution in [3.8, 4) is 0 Å². The van der Waals surface area contributed by atoms with Crippen LogP contribution in [0.3, 0.4) is 0 Å². The largest absolute Gasteiger partial charge is 0.291 e. The van der Waals surface area contributed by atoms with Gasteiger partial charge in [0.15, 0.2) is 0 Å². The van der Waals surface area contributed by atoms with Crippen molar-refractivity contribution in [2.24, 2.45) is 11.8 Å². The lowest BCUT2D eigenvalue weighted by atomic mass is 10.0. The van der Waals surface area contributed by atoms with E-state index in [2.05, 4.69) is 55.3 Å². The number of nitrogens with one attached hydrogen (secondary N) is 1. The van der Waals surface area contributed by atoms with Crippen LogP contribution < -0.4 is 5.32 Å². The summed E-state index contributed by atoms with van der Waals surface area (Å²) in [6, 6.07) is 1.39. The van der Waals surface area contributed by atoms with E-state index in [1.807, 2.05) is 0 Å². The minimum atomic E-state index is 0.384. The van der Waals surface area contributed by atoms with Gasteiger partial charge < -0.3 is 0 Å². The molecule has 2 nitrogen and oxygen atoms in total. The summed E-state index contributed by atoms with van der Waals surface area (Å²) in [5.41, 5.74) is 0.384. The van der Waals surface area contributed by atoms with Gasteiger partial charge in [0, 0.05) is 24.5 Å². The number of fused-ring (bicyclic) bond motifs is 1. The maximum absolute atomic E-state index is 3.90. The van der Waals surface area contributed by atoms with Crippen molar-refractivity contribution in [3.05, 3.63) is 24.3 Å². The van der Waals surface area contributed by atoms with Crippen LogP contribution in [0.15, 0.2) is 24.3 Å². The Morgan fingerprint density at radius 2 is 2.06 bits per heavy atom. The number of nitrogens with zero attached hydrogens (tertiary/aromatic N) is 1. The molecule has 0 aromatic heterocycles. The lowest BCUT2D eigenvalue weighted by Gasteiger charge is -2.25. The molecule has 1 heterocycles. The Bertz CT molecular complexity index is 360. The Balaban J connectivity index is 1.61. The van der Waals surface area contributed by atoms with Crippen LogP contribution in [0.5, 0.6) is 0 Å². The number of likely N-dealkylation sites (tertiary alicyclic amines) is 1. The fraction of sp³-hybridized carbons (Fsp3) is 0.733. The molecule has 6 unspecified atom stereocenters. The van der Waals surface area contributed by atoms with Crippen molar-refractivity contribution in [1.82, 2.24) is 10.2 Å². The molecule has 6 atom stereocenters. The molecule has 3 rings (SSSR count). The van der Waals surface area contributed by atoms with E-state index in [1.165, 1.54) is 19.4 Å². The van der Waals surface area contributed by atoms with Crippen LogP contribution in [0, 0.1) is 11.8 Å². The summed E-state index contributed by atoms with van der Waals surface area (Å²) in [5.74, 6) is 1.54. The average molecular weight is 232 g/mol. The first-order chi connectivity index (χ1) is 8.20. The van der Waals surface area contributed by atoms with Crippen LogP contribution in [0.4, 0.5) is 0 Å². The summed E-state index contributed by atoms with van der Waals surface area (Å²) < 4.78 is 0. The molecule has 2 fully saturated rings. The zero-order valence-corrected chi connectivity index (χ0v) is 11.2. The SMILES string of the molecule is CCCN1C2C(C)C21NC1C=CC=CC(C)C1. The van der Waals surface area contributed by atoms with Gasteiger partial charge in [-0.25, -0.2) is 0 Å². The summed E-state index contributed by atoms with van der Waals surface area (Å²) in [6.07, 6.45) is 11.5. The Hall–Kier alpha value is -0.600. The highest BCUT2D eigenvalue weighted by atomic mass is 15.6. The molecule has 0 aromatic rings. The highest BCUT2D eigenvalue weighted by Gasteiger charge is 2.83. The van der Waals surface area contributed by atoms with E-state index in [4.69, 9.17) is 0 Å². The minimum absolute atomic E-state index is 0.384. The summed E-state index contributed by atoms with van der Waals surface area (Å²) in [7, 11) is 0. The summed E-state index contributed by atoms with van der Waals surface area (Å²) in [6.45, 7) is 8.21. The van der Waals surface area contributed by atoms with E-state index in [0.29, 0.717) is 17.6 Å². The van der Waals surface area contributed by atoms with Crippen molar-refractivity contribution in [3.63, 3.8) is 0 Å². The van der Waals surface area contributed by atoms with E-state index < -0.39 is 0 Å². The predicted molar refractivity (Wildman–Crippen MR) is 71.7 cm³/mol. The number of allylic oxidation sites excluding steroid dienone is 3. The highest BCUT2D eigenvalue weighted by Crippen LogP contribution is 2.66. The second-order valence-electron chi connectivity index (χ2n) is 5.99. The van der Waals surface area contributed by atoms with E-state index in [1.54, 1.807) is 0 Å². The fourth-order valence-corrected chi connectivity index (χ4v) is 3.63. The Morgan fingerprint density at radius 1 is 1.29 bits per heavy atom. The molecule has 0 amide bonds. The predicted octanol–water partition coefficient (Wildman–Crippen LogP) is 2.54. The molecule has 2 heteroatoms. The van der Waals surface area contributed by atoms with Gasteiger partial charge in [-0.15, -0.1) is 0 Å². The lowest BCUT2D eigenvalue weighted by molar-refractivity contribution is 0.238. The smallest absolute Gasteiger partial charge is 0.0927 e. The van der Waals surface area contributed by atoms with E-state index >= 15 is 0 Å². The third-order valence-corrected chi connectivity index (χ3v) is 4.65. The molecule has 0 spiro atoms. The standard InChI is InChI=1S/C15H24N2/c1-4-9-17-14-12(3)15(14,17)16-13-8-6-5-7-11(2)10-13/h5-8,11-14,16H,4,9-10H2,1-3H3. The third kappa shape index (κ3) is 1.69. The van der Waals surface area contributed by atoms with Crippen LogP contribution in [0.25, 0.3) is 0 Å². The van der Waals surface area contributed by atoms with Gasteiger partial charge in [0.05, 0.1) is 5.66 Å². The highest BCUT2D eigenvalue weighted by molar-refractivity contribution is 5.37. The quantitative estimate of drug-likeness (QED) is 0.749. The average Bonchev–Trinajstić information content (AvgIpc) is 3.13. The van der Waals surface area contributed by atoms with Gasteiger partial charge in [0.25, 0.3) is 0 Å². The van der Waals surface area contributed by atoms with Crippen LogP contribution >= 0.6 is 0 Å². The van der Waals surface area contributed by atoms with Crippen molar-refractivity contribution in [2.45, 2.75) is 51.4 Å². The molecule has 3 aliphatic rings. The van der Waals surface area contributed by atoms with Crippen molar-refractivity contribution in [1.29, 1.82) is 0 Å². The molecule has 17 heavy (non-hydrogen) atoms. The molecular weight excluding hydrogens is 208 g/mol. The first-order valence-electron chi connectivity index (χ1n) is 7.09. The Labute approximate surface area is 105 Å². The van der Waals surface area contributed by atoms with E-state index in [-0.39, 0.29) is 0 Å². The Morgan fingerprint density at radius 3 is 2.76 bits per heavy atom. The van der Waals surface area contributed by atoms with Gasteiger partial charge in [0.1, 0.15) is 0 Å². The van der Waals surface area contributed by atoms with Crippen molar-refractivity contribution < 1.29 is 0 Å². The fourth-order valence-electron chi connectivity index (χ4n) is 3.63.